The van der Waals surface area contributed by atoms with Gasteiger partial charge in [-0.1, -0.05) is 30.3 Å². The van der Waals surface area contributed by atoms with Gasteiger partial charge in [0.15, 0.2) is 0 Å². The van der Waals surface area contributed by atoms with Gasteiger partial charge < -0.3 is 9.84 Å². The number of rotatable bonds is 4. The Labute approximate surface area is 107 Å². The van der Waals surface area contributed by atoms with Crippen molar-refractivity contribution in [3.8, 4) is 5.75 Å². The monoisotopic (exact) mass is 242 g/mol. The van der Waals surface area contributed by atoms with Gasteiger partial charge in [-0.2, -0.15) is 0 Å². The standard InChI is InChI=1S/C16H18O2/c1-18-15-7-6-12(10-16(11-17)8-9-16)13-4-2-3-5-14(13)15/h2-7,17H,8-11H2,1H3. The highest BCUT2D eigenvalue weighted by molar-refractivity contribution is 5.91. The van der Waals surface area contributed by atoms with Gasteiger partial charge in [0.2, 0.25) is 0 Å². The van der Waals surface area contributed by atoms with E-state index in [0.717, 1.165) is 30.4 Å². The molecule has 2 aromatic carbocycles. The number of hydrogen-bond donors (Lipinski definition) is 1. The fourth-order valence-corrected chi connectivity index (χ4v) is 2.64. The van der Waals surface area contributed by atoms with Crippen LogP contribution in [-0.4, -0.2) is 18.8 Å². The summed E-state index contributed by atoms with van der Waals surface area (Å²) < 4.78 is 5.41. The van der Waals surface area contributed by atoms with Crippen LogP contribution in [-0.2, 0) is 6.42 Å². The highest BCUT2D eigenvalue weighted by Crippen LogP contribution is 2.48. The molecule has 94 valence electrons. The van der Waals surface area contributed by atoms with Gasteiger partial charge in [-0.05, 0) is 41.7 Å². The summed E-state index contributed by atoms with van der Waals surface area (Å²) in [6, 6.07) is 12.5. The molecule has 2 aromatic rings. The van der Waals surface area contributed by atoms with Crippen molar-refractivity contribution >= 4 is 10.8 Å². The van der Waals surface area contributed by atoms with Crippen LogP contribution in [0.4, 0.5) is 0 Å². The molecule has 0 atom stereocenters. The molecular weight excluding hydrogens is 224 g/mol. The summed E-state index contributed by atoms with van der Waals surface area (Å²) in [5.74, 6) is 0.920. The second-order valence-corrected chi connectivity index (χ2v) is 5.31. The largest absolute Gasteiger partial charge is 0.496 e. The van der Waals surface area contributed by atoms with Crippen molar-refractivity contribution in [1.29, 1.82) is 0 Å². The zero-order chi connectivity index (χ0) is 12.6. The predicted octanol–water partition coefficient (Wildman–Crippen LogP) is 3.16. The average Bonchev–Trinajstić information content (AvgIpc) is 3.20. The molecule has 0 amide bonds. The van der Waals surface area contributed by atoms with Gasteiger partial charge in [-0.25, -0.2) is 0 Å². The summed E-state index contributed by atoms with van der Waals surface area (Å²) in [5, 5.41) is 11.9. The molecule has 0 radical (unpaired) electrons. The van der Waals surface area contributed by atoms with Crippen molar-refractivity contribution in [1.82, 2.24) is 0 Å². The van der Waals surface area contributed by atoms with Gasteiger partial charge in [0, 0.05) is 12.0 Å². The first-order valence-corrected chi connectivity index (χ1v) is 6.43. The number of methoxy groups -OCH3 is 1. The van der Waals surface area contributed by atoms with Crippen LogP contribution in [0, 0.1) is 5.41 Å². The molecule has 2 nitrogen and oxygen atoms in total. The molecule has 2 heteroatoms. The quantitative estimate of drug-likeness (QED) is 0.892. The van der Waals surface area contributed by atoms with E-state index >= 15 is 0 Å². The molecule has 0 aromatic heterocycles. The highest BCUT2D eigenvalue weighted by atomic mass is 16.5. The van der Waals surface area contributed by atoms with Gasteiger partial charge in [0.05, 0.1) is 7.11 Å². The van der Waals surface area contributed by atoms with Gasteiger partial charge in [-0.3, -0.25) is 0 Å². The summed E-state index contributed by atoms with van der Waals surface area (Å²) in [7, 11) is 1.71. The number of hydrogen-bond acceptors (Lipinski definition) is 2. The van der Waals surface area contributed by atoms with E-state index in [2.05, 4.69) is 24.3 Å². The van der Waals surface area contributed by atoms with E-state index in [-0.39, 0.29) is 5.41 Å². The molecule has 0 saturated heterocycles. The Bertz CT molecular complexity index is 570. The van der Waals surface area contributed by atoms with E-state index in [1.807, 2.05) is 12.1 Å². The SMILES string of the molecule is COc1ccc(CC2(CO)CC2)c2ccccc12. The molecule has 1 N–H and O–H groups in total. The number of aliphatic hydroxyl groups is 1. The Kier molecular flexibility index (Phi) is 2.75. The molecular formula is C16H18O2. The average molecular weight is 242 g/mol. The van der Waals surface area contributed by atoms with Crippen LogP contribution < -0.4 is 4.74 Å². The topological polar surface area (TPSA) is 29.5 Å². The summed E-state index contributed by atoms with van der Waals surface area (Å²) in [4.78, 5) is 0. The van der Waals surface area contributed by atoms with Crippen molar-refractivity contribution in [3.63, 3.8) is 0 Å². The van der Waals surface area contributed by atoms with Gasteiger partial charge in [-0.15, -0.1) is 0 Å². The van der Waals surface area contributed by atoms with E-state index in [0.29, 0.717) is 6.61 Å². The van der Waals surface area contributed by atoms with Crippen LogP contribution >= 0.6 is 0 Å². The molecule has 0 spiro atoms. The molecule has 0 heterocycles. The van der Waals surface area contributed by atoms with E-state index in [9.17, 15) is 5.11 Å². The Hall–Kier alpha value is -1.54. The lowest BCUT2D eigenvalue weighted by atomic mass is 9.93. The van der Waals surface area contributed by atoms with E-state index in [1.54, 1.807) is 7.11 Å². The first kappa shape index (κ1) is 11.5. The number of fused-ring (bicyclic) bond motifs is 1. The third kappa shape index (κ3) is 1.87. The zero-order valence-corrected chi connectivity index (χ0v) is 10.6. The van der Waals surface area contributed by atoms with Gasteiger partial charge in [0.1, 0.15) is 5.75 Å². The predicted molar refractivity (Wildman–Crippen MR) is 73.0 cm³/mol. The van der Waals surface area contributed by atoms with Crippen molar-refractivity contribution in [2.75, 3.05) is 13.7 Å². The van der Waals surface area contributed by atoms with Crippen LogP contribution in [0.3, 0.4) is 0 Å². The molecule has 0 bridgehead atoms. The summed E-state index contributed by atoms with van der Waals surface area (Å²) in [6.07, 6.45) is 3.25. The Morgan fingerprint density at radius 3 is 2.44 bits per heavy atom. The van der Waals surface area contributed by atoms with E-state index in [4.69, 9.17) is 4.74 Å². The van der Waals surface area contributed by atoms with Crippen molar-refractivity contribution in [2.24, 2.45) is 5.41 Å². The molecule has 1 aliphatic carbocycles. The fraction of sp³-hybridized carbons (Fsp3) is 0.375. The second-order valence-electron chi connectivity index (χ2n) is 5.31. The Morgan fingerprint density at radius 1 is 1.11 bits per heavy atom. The number of ether oxygens (including phenoxy) is 1. The minimum absolute atomic E-state index is 0.150. The molecule has 0 unspecified atom stereocenters. The van der Waals surface area contributed by atoms with Crippen molar-refractivity contribution in [2.45, 2.75) is 19.3 Å². The molecule has 0 aliphatic heterocycles. The lowest BCUT2D eigenvalue weighted by molar-refractivity contribution is 0.211. The van der Waals surface area contributed by atoms with Crippen LogP contribution in [0.1, 0.15) is 18.4 Å². The first-order valence-electron chi connectivity index (χ1n) is 6.43. The van der Waals surface area contributed by atoms with E-state index in [1.165, 1.54) is 10.9 Å². The van der Waals surface area contributed by atoms with Crippen molar-refractivity contribution < 1.29 is 9.84 Å². The van der Waals surface area contributed by atoms with Crippen LogP contribution in [0.15, 0.2) is 36.4 Å². The first-order chi connectivity index (χ1) is 8.78. The minimum Gasteiger partial charge on any atom is -0.496 e. The highest BCUT2D eigenvalue weighted by Gasteiger charge is 2.42. The summed E-state index contributed by atoms with van der Waals surface area (Å²) >= 11 is 0. The molecule has 1 fully saturated rings. The number of benzene rings is 2. The maximum absolute atomic E-state index is 9.47. The molecule has 18 heavy (non-hydrogen) atoms. The lowest BCUT2D eigenvalue weighted by Gasteiger charge is -2.15. The third-order valence-electron chi connectivity index (χ3n) is 4.05. The number of aliphatic hydroxyl groups excluding tert-OH is 1. The molecule has 1 saturated carbocycles. The maximum atomic E-state index is 9.47. The normalized spacial score (nSPS) is 16.8. The lowest BCUT2D eigenvalue weighted by Crippen LogP contribution is -2.10. The maximum Gasteiger partial charge on any atom is 0.126 e. The van der Waals surface area contributed by atoms with Gasteiger partial charge >= 0.3 is 0 Å². The Balaban J connectivity index is 2.07. The smallest absolute Gasteiger partial charge is 0.126 e. The minimum atomic E-state index is 0.150. The summed E-state index contributed by atoms with van der Waals surface area (Å²) in [5.41, 5.74) is 1.47. The second kappa shape index (κ2) is 4.29. The van der Waals surface area contributed by atoms with Crippen LogP contribution in [0.25, 0.3) is 10.8 Å². The zero-order valence-electron chi connectivity index (χ0n) is 10.6. The Morgan fingerprint density at radius 2 is 1.83 bits per heavy atom. The van der Waals surface area contributed by atoms with Crippen LogP contribution in [0.5, 0.6) is 5.75 Å². The van der Waals surface area contributed by atoms with E-state index < -0.39 is 0 Å². The molecule has 1 aliphatic rings. The third-order valence-corrected chi connectivity index (χ3v) is 4.05. The van der Waals surface area contributed by atoms with Crippen LogP contribution in [0.2, 0.25) is 0 Å². The van der Waals surface area contributed by atoms with Crippen molar-refractivity contribution in [3.05, 3.63) is 42.0 Å². The molecule has 3 rings (SSSR count). The summed E-state index contributed by atoms with van der Waals surface area (Å²) in [6.45, 7) is 0.299. The van der Waals surface area contributed by atoms with Gasteiger partial charge in [0.25, 0.3) is 0 Å². The fourth-order valence-electron chi connectivity index (χ4n) is 2.64.